The van der Waals surface area contributed by atoms with E-state index in [1.165, 1.54) is 51.4 Å². The van der Waals surface area contributed by atoms with E-state index in [2.05, 4.69) is 12.2 Å². The molecule has 0 aliphatic heterocycles. The number of nitrogens with one attached hydrogen (secondary N) is 1. The van der Waals surface area contributed by atoms with E-state index >= 15 is 0 Å². The van der Waals surface area contributed by atoms with Crippen LogP contribution in [0.3, 0.4) is 0 Å². The van der Waals surface area contributed by atoms with E-state index in [1.54, 1.807) is 0 Å². The van der Waals surface area contributed by atoms with Crippen LogP contribution in [0.1, 0.15) is 71.1 Å². The smallest absolute Gasteiger partial charge is 0.220 e. The van der Waals surface area contributed by atoms with E-state index in [0.717, 1.165) is 36.5 Å². The number of hydrogen-bond acceptors (Lipinski definition) is 1. The number of fused-ring (bicyclic) bond motifs is 2. The van der Waals surface area contributed by atoms with E-state index in [-0.39, 0.29) is 0 Å². The van der Waals surface area contributed by atoms with Crippen LogP contribution in [0.15, 0.2) is 0 Å². The van der Waals surface area contributed by atoms with Crippen molar-refractivity contribution in [1.29, 1.82) is 0 Å². The second-order valence-electron chi connectivity index (χ2n) is 7.38. The standard InChI is InChI=1S/C17H29NO/c1-12(16-11-14-6-8-15(16)10-14)18-17(19)9-7-13-4-2-3-5-13/h12-16H,2-11H2,1H3,(H,18,19)/t12-,14+,15+,16+/m1/s1. The first kappa shape index (κ1) is 13.5. The van der Waals surface area contributed by atoms with E-state index < -0.39 is 0 Å². The molecule has 3 aliphatic rings. The summed E-state index contributed by atoms with van der Waals surface area (Å²) in [4.78, 5) is 12.1. The van der Waals surface area contributed by atoms with Gasteiger partial charge in [-0.25, -0.2) is 0 Å². The lowest BCUT2D eigenvalue weighted by Crippen LogP contribution is -2.40. The van der Waals surface area contributed by atoms with E-state index in [4.69, 9.17) is 0 Å². The van der Waals surface area contributed by atoms with Gasteiger partial charge in [-0.05, 0) is 56.3 Å². The Bertz CT molecular complexity index is 321. The van der Waals surface area contributed by atoms with E-state index in [1.807, 2.05) is 0 Å². The second-order valence-corrected chi connectivity index (χ2v) is 7.38. The van der Waals surface area contributed by atoms with Gasteiger partial charge in [-0.3, -0.25) is 4.79 Å². The molecule has 0 unspecified atom stereocenters. The first-order valence-electron chi connectivity index (χ1n) is 8.51. The van der Waals surface area contributed by atoms with Gasteiger partial charge in [0, 0.05) is 12.5 Å². The van der Waals surface area contributed by atoms with Crippen molar-refractivity contribution in [1.82, 2.24) is 5.32 Å². The summed E-state index contributed by atoms with van der Waals surface area (Å²) in [5, 5.41) is 3.29. The van der Waals surface area contributed by atoms with Crippen molar-refractivity contribution in [2.75, 3.05) is 0 Å². The predicted octanol–water partition coefficient (Wildman–Crippen LogP) is 3.90. The van der Waals surface area contributed by atoms with Gasteiger partial charge in [-0.15, -0.1) is 0 Å². The zero-order valence-electron chi connectivity index (χ0n) is 12.4. The highest BCUT2D eigenvalue weighted by molar-refractivity contribution is 5.76. The lowest BCUT2D eigenvalue weighted by Gasteiger charge is -2.28. The average molecular weight is 263 g/mol. The van der Waals surface area contributed by atoms with Crippen LogP contribution in [0.4, 0.5) is 0 Å². The van der Waals surface area contributed by atoms with Gasteiger partial charge < -0.3 is 5.32 Å². The van der Waals surface area contributed by atoms with Crippen LogP contribution in [0.2, 0.25) is 0 Å². The highest BCUT2D eigenvalue weighted by Crippen LogP contribution is 2.49. The van der Waals surface area contributed by atoms with Gasteiger partial charge in [0.05, 0.1) is 0 Å². The third-order valence-corrected chi connectivity index (χ3v) is 6.08. The average Bonchev–Trinajstić information content (AvgIpc) is 3.13. The van der Waals surface area contributed by atoms with Gasteiger partial charge in [0.15, 0.2) is 0 Å². The first-order valence-corrected chi connectivity index (χ1v) is 8.51. The molecule has 0 aromatic carbocycles. The summed E-state index contributed by atoms with van der Waals surface area (Å²) >= 11 is 0. The van der Waals surface area contributed by atoms with Crippen LogP contribution in [0.5, 0.6) is 0 Å². The fourth-order valence-corrected chi connectivity index (χ4v) is 4.97. The molecule has 2 bridgehead atoms. The Balaban J connectivity index is 1.39. The Morgan fingerprint density at radius 3 is 2.58 bits per heavy atom. The molecule has 0 radical (unpaired) electrons. The zero-order valence-corrected chi connectivity index (χ0v) is 12.4. The van der Waals surface area contributed by atoms with Crippen molar-refractivity contribution in [3.63, 3.8) is 0 Å². The van der Waals surface area contributed by atoms with Gasteiger partial charge in [0.1, 0.15) is 0 Å². The van der Waals surface area contributed by atoms with Crippen molar-refractivity contribution < 1.29 is 4.79 Å². The van der Waals surface area contributed by atoms with Crippen LogP contribution in [0, 0.1) is 23.7 Å². The van der Waals surface area contributed by atoms with Crippen molar-refractivity contribution in [2.45, 2.75) is 77.2 Å². The normalized spacial score (nSPS) is 35.7. The summed E-state index contributed by atoms with van der Waals surface area (Å²) in [6.45, 7) is 2.23. The molecule has 0 spiro atoms. The lowest BCUT2D eigenvalue weighted by molar-refractivity contribution is -0.122. The van der Waals surface area contributed by atoms with Crippen LogP contribution in [0.25, 0.3) is 0 Å². The molecular formula is C17H29NO. The molecule has 0 aromatic heterocycles. The van der Waals surface area contributed by atoms with Gasteiger partial charge in [-0.1, -0.05) is 32.1 Å². The summed E-state index contributed by atoms with van der Waals surface area (Å²) in [6.07, 6.45) is 13.0. The fourth-order valence-electron chi connectivity index (χ4n) is 4.97. The van der Waals surface area contributed by atoms with E-state index in [9.17, 15) is 4.79 Å². The molecule has 3 fully saturated rings. The molecule has 1 N–H and O–H groups in total. The Morgan fingerprint density at radius 1 is 1.16 bits per heavy atom. The molecule has 0 aromatic rings. The second kappa shape index (κ2) is 5.85. The fraction of sp³-hybridized carbons (Fsp3) is 0.941. The van der Waals surface area contributed by atoms with Crippen molar-refractivity contribution in [3.8, 4) is 0 Å². The minimum absolute atomic E-state index is 0.308. The van der Waals surface area contributed by atoms with Gasteiger partial charge in [0.2, 0.25) is 5.91 Å². The number of carbonyl (C=O) groups excluding carboxylic acids is 1. The van der Waals surface area contributed by atoms with Crippen molar-refractivity contribution >= 4 is 5.91 Å². The topological polar surface area (TPSA) is 29.1 Å². The monoisotopic (exact) mass is 263 g/mol. The van der Waals surface area contributed by atoms with Gasteiger partial charge in [-0.2, -0.15) is 0 Å². The summed E-state index contributed by atoms with van der Waals surface area (Å²) in [5.41, 5.74) is 0. The molecule has 108 valence electrons. The first-order chi connectivity index (χ1) is 9.22. The molecule has 3 rings (SSSR count). The minimum Gasteiger partial charge on any atom is -0.353 e. The van der Waals surface area contributed by atoms with Crippen LogP contribution in [-0.4, -0.2) is 11.9 Å². The third-order valence-electron chi connectivity index (χ3n) is 6.08. The molecular weight excluding hydrogens is 234 g/mol. The summed E-state index contributed by atoms with van der Waals surface area (Å²) in [6, 6.07) is 0.409. The lowest BCUT2D eigenvalue weighted by atomic mass is 9.84. The predicted molar refractivity (Wildman–Crippen MR) is 77.7 cm³/mol. The highest BCUT2D eigenvalue weighted by atomic mass is 16.1. The maximum absolute atomic E-state index is 12.1. The van der Waals surface area contributed by atoms with Crippen LogP contribution < -0.4 is 5.32 Å². The summed E-state index contributed by atoms with van der Waals surface area (Å²) in [5.74, 6) is 3.81. The number of amides is 1. The largest absolute Gasteiger partial charge is 0.353 e. The van der Waals surface area contributed by atoms with Crippen molar-refractivity contribution in [2.24, 2.45) is 23.7 Å². The molecule has 0 heterocycles. The Morgan fingerprint density at radius 2 is 1.95 bits per heavy atom. The molecule has 2 nitrogen and oxygen atoms in total. The number of rotatable bonds is 5. The quantitative estimate of drug-likeness (QED) is 0.801. The number of hydrogen-bond donors (Lipinski definition) is 1. The molecule has 0 saturated heterocycles. The summed E-state index contributed by atoms with van der Waals surface area (Å²) < 4.78 is 0. The maximum Gasteiger partial charge on any atom is 0.220 e. The van der Waals surface area contributed by atoms with E-state index in [0.29, 0.717) is 11.9 Å². The molecule has 3 aliphatic carbocycles. The number of carbonyl (C=O) groups is 1. The van der Waals surface area contributed by atoms with Gasteiger partial charge >= 0.3 is 0 Å². The Kier molecular flexibility index (Phi) is 4.14. The van der Waals surface area contributed by atoms with Crippen LogP contribution >= 0.6 is 0 Å². The molecule has 1 amide bonds. The molecule has 4 atom stereocenters. The molecule has 19 heavy (non-hydrogen) atoms. The third kappa shape index (κ3) is 3.14. The minimum atomic E-state index is 0.308. The Hall–Kier alpha value is -0.530. The zero-order chi connectivity index (χ0) is 13.2. The SMILES string of the molecule is C[C@@H](NC(=O)CCC1CCCC1)[C@@H]1C[C@H]2CC[C@H]1C2. The summed E-state index contributed by atoms with van der Waals surface area (Å²) in [7, 11) is 0. The van der Waals surface area contributed by atoms with Crippen molar-refractivity contribution in [3.05, 3.63) is 0 Å². The van der Waals surface area contributed by atoms with Gasteiger partial charge in [0.25, 0.3) is 0 Å². The molecule has 3 saturated carbocycles. The maximum atomic E-state index is 12.1. The Labute approximate surface area is 117 Å². The highest BCUT2D eigenvalue weighted by Gasteiger charge is 2.42. The van der Waals surface area contributed by atoms with Crippen LogP contribution in [-0.2, 0) is 4.79 Å². The molecule has 2 heteroatoms.